The van der Waals surface area contributed by atoms with Crippen molar-refractivity contribution in [2.24, 2.45) is 0 Å². The molecule has 0 aromatic carbocycles. The van der Waals surface area contributed by atoms with Crippen LogP contribution in [0.3, 0.4) is 0 Å². The zero-order chi connectivity index (χ0) is 14.7. The quantitative estimate of drug-likeness (QED) is 0.935. The van der Waals surface area contributed by atoms with Crippen LogP contribution in [0.1, 0.15) is 38.3 Å². The van der Waals surface area contributed by atoms with Crippen LogP contribution in [-0.2, 0) is 0 Å². The van der Waals surface area contributed by atoms with Gasteiger partial charge < -0.3 is 9.64 Å². The molecule has 1 aliphatic heterocycles. The number of anilines is 1. The molecule has 1 atom stereocenters. The summed E-state index contributed by atoms with van der Waals surface area (Å²) in [5, 5.41) is 7.14. The molecule has 2 aromatic heterocycles. The summed E-state index contributed by atoms with van der Waals surface area (Å²) in [6, 6.07) is 2.05. The Kier molecular flexibility index (Phi) is 4.03. The smallest absolute Gasteiger partial charge is 0.257 e. The molecule has 21 heavy (non-hydrogen) atoms. The second kappa shape index (κ2) is 6.11. The highest BCUT2D eigenvalue weighted by atomic mass is 16.5. The van der Waals surface area contributed by atoms with E-state index in [-0.39, 0.29) is 6.10 Å². The SMILES string of the molecule is CC(C)Oc1nccnc1N1CCCC(c2ccn[nH]2)C1. The molecule has 1 aliphatic rings. The second-order valence-corrected chi connectivity index (χ2v) is 5.65. The second-order valence-electron chi connectivity index (χ2n) is 5.65. The third-order valence-electron chi connectivity index (χ3n) is 3.68. The Balaban J connectivity index is 1.80. The molecule has 0 aliphatic carbocycles. The monoisotopic (exact) mass is 287 g/mol. The summed E-state index contributed by atoms with van der Waals surface area (Å²) in [4.78, 5) is 11.1. The van der Waals surface area contributed by atoms with Crippen LogP contribution in [0, 0.1) is 0 Å². The number of rotatable bonds is 4. The predicted molar refractivity (Wildman–Crippen MR) is 80.6 cm³/mol. The van der Waals surface area contributed by atoms with Gasteiger partial charge in [-0.3, -0.25) is 5.10 Å². The highest BCUT2D eigenvalue weighted by Gasteiger charge is 2.25. The molecule has 0 radical (unpaired) electrons. The number of hydrogen-bond acceptors (Lipinski definition) is 5. The van der Waals surface area contributed by atoms with Crippen molar-refractivity contribution in [3.05, 3.63) is 30.4 Å². The van der Waals surface area contributed by atoms with Crippen LogP contribution >= 0.6 is 0 Å². The summed E-state index contributed by atoms with van der Waals surface area (Å²) in [6.45, 7) is 5.90. The number of ether oxygens (including phenoxy) is 1. The van der Waals surface area contributed by atoms with Gasteiger partial charge >= 0.3 is 0 Å². The molecule has 112 valence electrons. The first kappa shape index (κ1) is 13.9. The first-order valence-electron chi connectivity index (χ1n) is 7.46. The van der Waals surface area contributed by atoms with Gasteiger partial charge in [-0.05, 0) is 32.8 Å². The van der Waals surface area contributed by atoms with Crippen molar-refractivity contribution in [3.63, 3.8) is 0 Å². The van der Waals surface area contributed by atoms with E-state index in [0.29, 0.717) is 11.8 Å². The number of hydrogen-bond donors (Lipinski definition) is 1. The van der Waals surface area contributed by atoms with Gasteiger partial charge in [0.25, 0.3) is 5.88 Å². The number of H-pyrrole nitrogens is 1. The van der Waals surface area contributed by atoms with Crippen molar-refractivity contribution in [2.75, 3.05) is 18.0 Å². The third kappa shape index (κ3) is 3.15. The van der Waals surface area contributed by atoms with E-state index in [0.717, 1.165) is 25.3 Å². The van der Waals surface area contributed by atoms with Crippen LogP contribution in [0.25, 0.3) is 0 Å². The first-order valence-corrected chi connectivity index (χ1v) is 7.46. The van der Waals surface area contributed by atoms with Crippen LogP contribution in [0.4, 0.5) is 5.82 Å². The van der Waals surface area contributed by atoms with Crippen molar-refractivity contribution < 1.29 is 4.74 Å². The number of nitrogens with one attached hydrogen (secondary N) is 1. The fraction of sp³-hybridized carbons (Fsp3) is 0.533. The van der Waals surface area contributed by atoms with Gasteiger partial charge in [-0.25, -0.2) is 9.97 Å². The standard InChI is InChI=1S/C15H21N5O/c1-11(2)21-15-14(16-7-8-17-15)20-9-3-4-12(10-20)13-5-6-18-19-13/h5-8,11-12H,3-4,9-10H2,1-2H3,(H,18,19). The van der Waals surface area contributed by atoms with Gasteiger partial charge in [-0.1, -0.05) is 0 Å². The van der Waals surface area contributed by atoms with E-state index >= 15 is 0 Å². The zero-order valence-corrected chi connectivity index (χ0v) is 12.5. The maximum absolute atomic E-state index is 5.79. The van der Waals surface area contributed by atoms with Gasteiger partial charge in [-0.15, -0.1) is 0 Å². The van der Waals surface area contributed by atoms with Crippen LogP contribution in [0.5, 0.6) is 5.88 Å². The summed E-state index contributed by atoms with van der Waals surface area (Å²) >= 11 is 0. The van der Waals surface area contributed by atoms with Crippen molar-refractivity contribution >= 4 is 5.82 Å². The molecule has 0 saturated carbocycles. The Morgan fingerprint density at radius 3 is 2.90 bits per heavy atom. The summed E-state index contributed by atoms with van der Waals surface area (Å²) in [7, 11) is 0. The molecule has 1 N–H and O–H groups in total. The zero-order valence-electron chi connectivity index (χ0n) is 12.5. The lowest BCUT2D eigenvalue weighted by Gasteiger charge is -2.33. The average Bonchev–Trinajstić information content (AvgIpc) is 3.02. The lowest BCUT2D eigenvalue weighted by atomic mass is 9.95. The van der Waals surface area contributed by atoms with Gasteiger partial charge in [0.15, 0.2) is 5.82 Å². The van der Waals surface area contributed by atoms with Crippen molar-refractivity contribution in [1.82, 2.24) is 20.2 Å². The Morgan fingerprint density at radius 2 is 2.14 bits per heavy atom. The largest absolute Gasteiger partial charge is 0.472 e. The third-order valence-corrected chi connectivity index (χ3v) is 3.68. The number of piperidine rings is 1. The molecule has 3 heterocycles. The van der Waals surface area contributed by atoms with E-state index in [1.165, 1.54) is 12.1 Å². The summed E-state index contributed by atoms with van der Waals surface area (Å²) < 4.78 is 5.79. The van der Waals surface area contributed by atoms with Gasteiger partial charge in [0.2, 0.25) is 0 Å². The minimum absolute atomic E-state index is 0.0913. The minimum atomic E-state index is 0.0913. The predicted octanol–water partition coefficient (Wildman–Crippen LogP) is 2.37. The summed E-state index contributed by atoms with van der Waals surface area (Å²) in [6.07, 6.45) is 7.60. The Hall–Kier alpha value is -2.11. The van der Waals surface area contributed by atoms with Crippen molar-refractivity contribution in [3.8, 4) is 5.88 Å². The molecule has 1 fully saturated rings. The minimum Gasteiger partial charge on any atom is -0.472 e. The maximum Gasteiger partial charge on any atom is 0.257 e. The molecule has 1 saturated heterocycles. The van der Waals surface area contributed by atoms with E-state index in [2.05, 4.69) is 31.1 Å². The van der Waals surface area contributed by atoms with E-state index in [1.54, 1.807) is 12.4 Å². The number of aromatic amines is 1. The lowest BCUT2D eigenvalue weighted by molar-refractivity contribution is 0.231. The first-order chi connectivity index (χ1) is 10.2. The topological polar surface area (TPSA) is 66.9 Å². The van der Waals surface area contributed by atoms with Crippen LogP contribution in [0.15, 0.2) is 24.7 Å². The van der Waals surface area contributed by atoms with Gasteiger partial charge in [0.05, 0.1) is 6.10 Å². The Bertz CT molecular complexity index is 569. The van der Waals surface area contributed by atoms with Crippen LogP contribution in [0.2, 0.25) is 0 Å². The molecule has 0 spiro atoms. The average molecular weight is 287 g/mol. The number of nitrogens with zero attached hydrogens (tertiary/aromatic N) is 4. The van der Waals surface area contributed by atoms with Crippen molar-refractivity contribution in [1.29, 1.82) is 0 Å². The van der Waals surface area contributed by atoms with Crippen molar-refractivity contribution in [2.45, 2.75) is 38.7 Å². The molecule has 0 amide bonds. The maximum atomic E-state index is 5.79. The normalized spacial score (nSPS) is 19.0. The summed E-state index contributed by atoms with van der Waals surface area (Å²) in [5.41, 5.74) is 1.19. The molecule has 2 aromatic rings. The van der Waals surface area contributed by atoms with Crippen LogP contribution in [-0.4, -0.2) is 39.4 Å². The molecule has 0 bridgehead atoms. The fourth-order valence-corrected chi connectivity index (χ4v) is 2.76. The molecular weight excluding hydrogens is 266 g/mol. The molecule has 6 heteroatoms. The van der Waals surface area contributed by atoms with E-state index in [9.17, 15) is 0 Å². The Labute approximate surface area is 124 Å². The highest BCUT2D eigenvalue weighted by molar-refractivity contribution is 5.48. The molecule has 3 rings (SSSR count). The van der Waals surface area contributed by atoms with E-state index < -0.39 is 0 Å². The van der Waals surface area contributed by atoms with Gasteiger partial charge in [-0.2, -0.15) is 5.10 Å². The van der Waals surface area contributed by atoms with E-state index in [1.807, 2.05) is 20.0 Å². The Morgan fingerprint density at radius 1 is 1.29 bits per heavy atom. The highest BCUT2D eigenvalue weighted by Crippen LogP contribution is 2.31. The molecule has 6 nitrogen and oxygen atoms in total. The van der Waals surface area contributed by atoms with Gasteiger partial charge in [0, 0.05) is 43.3 Å². The lowest BCUT2D eigenvalue weighted by Crippen LogP contribution is -2.35. The van der Waals surface area contributed by atoms with Gasteiger partial charge in [0.1, 0.15) is 0 Å². The number of aromatic nitrogens is 4. The fourth-order valence-electron chi connectivity index (χ4n) is 2.76. The summed E-state index contributed by atoms with van der Waals surface area (Å²) in [5.74, 6) is 1.92. The molecular formula is C15H21N5O. The van der Waals surface area contributed by atoms with Crippen LogP contribution < -0.4 is 9.64 Å². The van der Waals surface area contributed by atoms with E-state index in [4.69, 9.17) is 4.74 Å². The molecule has 1 unspecified atom stereocenters.